The summed E-state index contributed by atoms with van der Waals surface area (Å²) in [5, 5.41) is 10.5. The lowest BCUT2D eigenvalue weighted by Gasteiger charge is -2.08. The van der Waals surface area contributed by atoms with E-state index < -0.39 is 11.9 Å². The third kappa shape index (κ3) is 3.87. The van der Waals surface area contributed by atoms with Gasteiger partial charge in [-0.2, -0.15) is 4.99 Å². The Labute approximate surface area is 166 Å². The Bertz CT molecular complexity index is 1050. The van der Waals surface area contributed by atoms with E-state index in [1.165, 1.54) is 13.0 Å². The van der Waals surface area contributed by atoms with Crippen molar-refractivity contribution in [2.45, 2.75) is 13.8 Å². The molecule has 1 amide bonds. The molecule has 0 saturated carbocycles. The third-order valence-electron chi connectivity index (χ3n) is 4.00. The summed E-state index contributed by atoms with van der Waals surface area (Å²) in [6.07, 6.45) is 0. The molecule has 0 spiro atoms. The molecule has 3 rings (SSSR count). The van der Waals surface area contributed by atoms with Gasteiger partial charge in [-0.25, -0.2) is 9.79 Å². The van der Waals surface area contributed by atoms with E-state index in [-0.39, 0.29) is 29.5 Å². The fraction of sp³-hybridized carbons (Fsp3) is 0.143. The molecule has 0 saturated heterocycles. The van der Waals surface area contributed by atoms with Gasteiger partial charge in [-0.15, -0.1) is 0 Å². The molecule has 0 atom stereocenters. The van der Waals surface area contributed by atoms with Gasteiger partial charge in [0.1, 0.15) is 11.3 Å². The van der Waals surface area contributed by atoms with Gasteiger partial charge in [-0.1, -0.05) is 41.9 Å². The first kappa shape index (κ1) is 19.5. The van der Waals surface area contributed by atoms with Crippen LogP contribution in [0.2, 0.25) is 5.02 Å². The number of aliphatic imine (C=N–C) groups is 2. The molecule has 2 aromatic carbocycles. The number of nitrogens with zero attached hydrogens (tertiary/aromatic N) is 2. The minimum Gasteiger partial charge on any atom is -0.512 e. The number of carbonyl (C=O) groups excluding carboxylic acids is 2. The maximum atomic E-state index is 12.5. The molecule has 0 radical (unpaired) electrons. The number of fused-ring (bicyclic) bond motifs is 1. The van der Waals surface area contributed by atoms with E-state index in [1.54, 1.807) is 49.4 Å². The van der Waals surface area contributed by atoms with Crippen molar-refractivity contribution in [3.63, 3.8) is 0 Å². The molecule has 0 fully saturated rings. The van der Waals surface area contributed by atoms with Crippen LogP contribution in [0, 0.1) is 0 Å². The van der Waals surface area contributed by atoms with Crippen molar-refractivity contribution in [1.82, 2.24) is 0 Å². The van der Waals surface area contributed by atoms with Gasteiger partial charge in [0, 0.05) is 21.7 Å². The van der Waals surface area contributed by atoms with Crippen LogP contribution < -0.4 is 0 Å². The van der Waals surface area contributed by atoms with Gasteiger partial charge in [0.25, 0.3) is 5.91 Å². The van der Waals surface area contributed by atoms with Gasteiger partial charge in [0.15, 0.2) is 5.84 Å². The Morgan fingerprint density at radius 2 is 1.86 bits per heavy atom. The quantitative estimate of drug-likeness (QED) is 0.478. The molecule has 7 heteroatoms. The van der Waals surface area contributed by atoms with Crippen LogP contribution in [-0.2, 0) is 9.53 Å². The maximum absolute atomic E-state index is 12.5. The molecule has 1 aliphatic rings. The number of amides is 1. The Hall–Kier alpha value is -3.25. The number of aliphatic hydroxyl groups is 1. The monoisotopic (exact) mass is 396 g/mol. The van der Waals surface area contributed by atoms with E-state index in [0.29, 0.717) is 21.7 Å². The molecule has 0 aliphatic carbocycles. The van der Waals surface area contributed by atoms with Crippen molar-refractivity contribution in [1.29, 1.82) is 0 Å². The van der Waals surface area contributed by atoms with Crippen molar-refractivity contribution in [3.05, 3.63) is 81.6 Å². The summed E-state index contributed by atoms with van der Waals surface area (Å²) in [4.78, 5) is 33.3. The Balaban J connectivity index is 2.10. The average Bonchev–Trinajstić information content (AvgIpc) is 3.00. The second-order valence-corrected chi connectivity index (χ2v) is 6.37. The highest BCUT2D eigenvalue weighted by Gasteiger charge is 2.30. The molecule has 1 heterocycles. The molecule has 2 aromatic rings. The zero-order chi connectivity index (χ0) is 20.3. The molecular formula is C21H17ClN2O4. The Kier molecular flexibility index (Phi) is 5.70. The fourth-order valence-corrected chi connectivity index (χ4v) is 2.98. The number of hydrogen-bond donors (Lipinski definition) is 1. The zero-order valence-electron chi connectivity index (χ0n) is 15.3. The fourth-order valence-electron chi connectivity index (χ4n) is 2.79. The van der Waals surface area contributed by atoms with Crippen LogP contribution in [0.5, 0.6) is 0 Å². The van der Waals surface area contributed by atoms with Gasteiger partial charge in [-0.05, 0) is 32.0 Å². The van der Waals surface area contributed by atoms with E-state index >= 15 is 0 Å². The predicted molar refractivity (Wildman–Crippen MR) is 107 cm³/mol. The number of esters is 1. The SMILES string of the molecule is CCOC(=O)C(C1=NC(=NC(=O)c2cccc(Cl)c2)c2ccccc21)=C(C)O. The number of allylic oxidation sites excluding steroid dienone is 1. The van der Waals surface area contributed by atoms with Gasteiger partial charge in [0.05, 0.1) is 12.3 Å². The molecule has 0 unspecified atom stereocenters. The molecule has 0 aromatic heterocycles. The first-order chi connectivity index (χ1) is 13.4. The van der Waals surface area contributed by atoms with Crippen LogP contribution in [0.4, 0.5) is 0 Å². The summed E-state index contributed by atoms with van der Waals surface area (Å²) in [5.41, 5.74) is 1.63. The molecule has 0 bridgehead atoms. The number of ether oxygens (including phenoxy) is 1. The van der Waals surface area contributed by atoms with E-state index in [9.17, 15) is 14.7 Å². The maximum Gasteiger partial charge on any atom is 0.343 e. The highest BCUT2D eigenvalue weighted by Crippen LogP contribution is 2.26. The molecule has 1 N–H and O–H groups in total. The summed E-state index contributed by atoms with van der Waals surface area (Å²) in [6.45, 7) is 3.20. The van der Waals surface area contributed by atoms with Crippen LogP contribution in [0.25, 0.3) is 0 Å². The average molecular weight is 397 g/mol. The normalized spacial score (nSPS) is 15.0. The second-order valence-electron chi connectivity index (χ2n) is 5.94. The number of benzene rings is 2. The van der Waals surface area contributed by atoms with E-state index in [4.69, 9.17) is 16.3 Å². The van der Waals surface area contributed by atoms with E-state index in [2.05, 4.69) is 9.98 Å². The van der Waals surface area contributed by atoms with Gasteiger partial charge < -0.3 is 9.84 Å². The first-order valence-corrected chi connectivity index (χ1v) is 8.94. The van der Waals surface area contributed by atoms with Crippen molar-refractivity contribution >= 4 is 35.0 Å². The molecule has 28 heavy (non-hydrogen) atoms. The van der Waals surface area contributed by atoms with Crippen LogP contribution >= 0.6 is 11.6 Å². The lowest BCUT2D eigenvalue weighted by Crippen LogP contribution is -2.18. The zero-order valence-corrected chi connectivity index (χ0v) is 16.0. The topological polar surface area (TPSA) is 88.3 Å². The van der Waals surface area contributed by atoms with Crippen LogP contribution in [0.15, 0.2) is 69.8 Å². The number of carbonyl (C=O) groups is 2. The van der Waals surface area contributed by atoms with Crippen LogP contribution in [0.1, 0.15) is 35.3 Å². The largest absolute Gasteiger partial charge is 0.512 e. The van der Waals surface area contributed by atoms with E-state index in [1.807, 2.05) is 0 Å². The lowest BCUT2D eigenvalue weighted by molar-refractivity contribution is -0.138. The van der Waals surface area contributed by atoms with Gasteiger partial charge >= 0.3 is 5.97 Å². The summed E-state index contributed by atoms with van der Waals surface area (Å²) < 4.78 is 5.03. The smallest absolute Gasteiger partial charge is 0.343 e. The highest BCUT2D eigenvalue weighted by atomic mass is 35.5. The first-order valence-electron chi connectivity index (χ1n) is 8.56. The molecule has 142 valence electrons. The molecule has 1 aliphatic heterocycles. The number of amidine groups is 1. The third-order valence-corrected chi connectivity index (χ3v) is 4.23. The van der Waals surface area contributed by atoms with Gasteiger partial charge in [-0.3, -0.25) is 4.79 Å². The van der Waals surface area contributed by atoms with Crippen LogP contribution in [0.3, 0.4) is 0 Å². The Morgan fingerprint density at radius 1 is 1.14 bits per heavy atom. The van der Waals surface area contributed by atoms with E-state index in [0.717, 1.165) is 0 Å². The minimum atomic E-state index is -0.696. The second kappa shape index (κ2) is 8.19. The van der Waals surface area contributed by atoms with Crippen molar-refractivity contribution < 1.29 is 19.4 Å². The van der Waals surface area contributed by atoms with Crippen molar-refractivity contribution in [3.8, 4) is 0 Å². The molecule has 6 nitrogen and oxygen atoms in total. The summed E-state index contributed by atoms with van der Waals surface area (Å²) in [5.74, 6) is -1.29. The number of rotatable bonds is 4. The number of halogens is 1. The Morgan fingerprint density at radius 3 is 2.50 bits per heavy atom. The number of aliphatic hydroxyl groups excluding tert-OH is 1. The van der Waals surface area contributed by atoms with Gasteiger partial charge in [0.2, 0.25) is 0 Å². The standard InChI is InChI=1S/C21H17ClN2O4/c1-3-28-21(27)17(12(2)25)18-15-9-4-5-10-16(15)19(23-18)24-20(26)13-7-6-8-14(22)11-13/h4-11,25H,3H2,1-2H3. The van der Waals surface area contributed by atoms with Crippen LogP contribution in [-0.4, -0.2) is 35.1 Å². The lowest BCUT2D eigenvalue weighted by atomic mass is 9.99. The molecular weight excluding hydrogens is 380 g/mol. The highest BCUT2D eigenvalue weighted by molar-refractivity contribution is 6.36. The number of hydrogen-bond acceptors (Lipinski definition) is 4. The summed E-state index contributed by atoms with van der Waals surface area (Å²) in [7, 11) is 0. The summed E-state index contributed by atoms with van der Waals surface area (Å²) >= 11 is 5.94. The van der Waals surface area contributed by atoms with Crippen molar-refractivity contribution in [2.24, 2.45) is 9.98 Å². The minimum absolute atomic E-state index is 0.0605. The van der Waals surface area contributed by atoms with Crippen molar-refractivity contribution in [2.75, 3.05) is 6.61 Å². The predicted octanol–water partition coefficient (Wildman–Crippen LogP) is 4.12. The summed E-state index contributed by atoms with van der Waals surface area (Å²) in [6, 6.07) is 13.5.